The van der Waals surface area contributed by atoms with Gasteiger partial charge in [-0.2, -0.15) is 0 Å². The summed E-state index contributed by atoms with van der Waals surface area (Å²) in [6.07, 6.45) is 6.80. The zero-order chi connectivity index (χ0) is 14.7. The molecule has 0 spiro atoms. The lowest BCUT2D eigenvalue weighted by molar-refractivity contribution is 0.180. The monoisotopic (exact) mass is 289 g/mol. The molecule has 0 bridgehead atoms. The van der Waals surface area contributed by atoms with Crippen LogP contribution in [-0.2, 0) is 17.6 Å². The largest absolute Gasteiger partial charge is 0.508 e. The van der Waals surface area contributed by atoms with E-state index in [1.165, 1.54) is 24.8 Å². The summed E-state index contributed by atoms with van der Waals surface area (Å²) >= 11 is 0. The Morgan fingerprint density at radius 1 is 1.38 bits per heavy atom. The van der Waals surface area contributed by atoms with Crippen LogP contribution in [0.25, 0.3) is 0 Å². The highest BCUT2D eigenvalue weighted by molar-refractivity contribution is 5.41. The molecule has 3 atom stereocenters. The fraction of sp³-hybridized carbons (Fsp3) is 0.667. The lowest BCUT2D eigenvalue weighted by Crippen LogP contribution is -2.42. The van der Waals surface area contributed by atoms with E-state index in [4.69, 9.17) is 4.74 Å². The first kappa shape index (κ1) is 14.9. The third kappa shape index (κ3) is 3.58. The molecule has 0 aromatic heterocycles. The maximum Gasteiger partial charge on any atom is 0.119 e. The summed E-state index contributed by atoms with van der Waals surface area (Å²) in [5.41, 5.74) is 2.48. The van der Waals surface area contributed by atoms with Crippen LogP contribution in [0, 0.1) is 5.92 Å². The van der Waals surface area contributed by atoms with Crippen LogP contribution in [-0.4, -0.2) is 30.4 Å². The molecule has 1 saturated heterocycles. The average Bonchev–Trinajstić information content (AvgIpc) is 3.00. The van der Waals surface area contributed by atoms with Gasteiger partial charge in [0.25, 0.3) is 0 Å². The van der Waals surface area contributed by atoms with Crippen molar-refractivity contribution < 1.29 is 9.84 Å². The lowest BCUT2D eigenvalue weighted by Gasteiger charge is -2.30. The van der Waals surface area contributed by atoms with E-state index in [9.17, 15) is 5.11 Å². The Morgan fingerprint density at radius 3 is 3.05 bits per heavy atom. The molecule has 1 aromatic carbocycles. The second-order valence-electron chi connectivity index (χ2n) is 6.59. The summed E-state index contributed by atoms with van der Waals surface area (Å²) in [5.74, 6) is 1.21. The first-order chi connectivity index (χ1) is 10.3. The molecule has 1 heterocycles. The minimum atomic E-state index is 0.473. The molecule has 0 saturated carbocycles. The Hall–Kier alpha value is -1.06. The van der Waals surface area contributed by atoms with Gasteiger partial charge in [0.15, 0.2) is 0 Å². The van der Waals surface area contributed by atoms with E-state index in [0.717, 1.165) is 44.0 Å². The second kappa shape index (κ2) is 6.80. The molecular formula is C18H27NO2. The molecule has 116 valence electrons. The highest BCUT2D eigenvalue weighted by Crippen LogP contribution is 2.29. The lowest BCUT2D eigenvalue weighted by atomic mass is 9.86. The number of phenols is 1. The van der Waals surface area contributed by atoms with E-state index >= 15 is 0 Å². The molecule has 1 fully saturated rings. The second-order valence-corrected chi connectivity index (χ2v) is 6.59. The van der Waals surface area contributed by atoms with Crippen molar-refractivity contribution >= 4 is 0 Å². The third-order valence-electron chi connectivity index (χ3n) is 5.06. The molecule has 0 amide bonds. The number of fused-ring (bicyclic) bond motifs is 1. The molecule has 3 heteroatoms. The van der Waals surface area contributed by atoms with Gasteiger partial charge in [-0.05, 0) is 61.6 Å². The summed E-state index contributed by atoms with van der Waals surface area (Å²) in [6, 6.07) is 7.08. The van der Waals surface area contributed by atoms with Gasteiger partial charge in [0, 0.05) is 25.3 Å². The smallest absolute Gasteiger partial charge is 0.119 e. The fourth-order valence-corrected chi connectivity index (χ4v) is 3.79. The van der Waals surface area contributed by atoms with Gasteiger partial charge < -0.3 is 15.2 Å². The van der Waals surface area contributed by atoms with Crippen molar-refractivity contribution in [2.24, 2.45) is 5.92 Å². The molecule has 1 aliphatic heterocycles. The highest BCUT2D eigenvalue weighted by atomic mass is 16.5. The predicted molar refractivity (Wildman–Crippen MR) is 84.7 cm³/mol. The van der Waals surface area contributed by atoms with Crippen molar-refractivity contribution in [3.8, 4) is 5.75 Å². The fourth-order valence-electron chi connectivity index (χ4n) is 3.79. The summed E-state index contributed by atoms with van der Waals surface area (Å²) in [4.78, 5) is 0. The van der Waals surface area contributed by atoms with Crippen molar-refractivity contribution in [2.45, 2.75) is 57.5 Å². The van der Waals surface area contributed by atoms with Gasteiger partial charge >= 0.3 is 0 Å². The van der Waals surface area contributed by atoms with Gasteiger partial charge in [-0.25, -0.2) is 0 Å². The molecule has 2 N–H and O–H groups in total. The molecule has 3 rings (SSSR count). The number of ether oxygens (including phenoxy) is 1. The number of rotatable bonds is 5. The number of aromatic hydroxyl groups is 1. The minimum absolute atomic E-state index is 0.473. The summed E-state index contributed by atoms with van der Waals surface area (Å²) < 4.78 is 5.50. The van der Waals surface area contributed by atoms with Gasteiger partial charge in [-0.1, -0.05) is 19.1 Å². The van der Waals surface area contributed by atoms with Gasteiger partial charge in [-0.3, -0.25) is 0 Å². The Bertz CT molecular complexity index is 468. The van der Waals surface area contributed by atoms with E-state index in [2.05, 4.69) is 18.3 Å². The van der Waals surface area contributed by atoms with Crippen LogP contribution < -0.4 is 5.32 Å². The van der Waals surface area contributed by atoms with Gasteiger partial charge in [0.1, 0.15) is 5.75 Å². The normalized spacial score (nSPS) is 26.5. The topological polar surface area (TPSA) is 41.5 Å². The van der Waals surface area contributed by atoms with Gasteiger partial charge in [0.05, 0.1) is 0 Å². The van der Waals surface area contributed by atoms with Crippen LogP contribution in [0.2, 0.25) is 0 Å². The van der Waals surface area contributed by atoms with Gasteiger partial charge in [-0.15, -0.1) is 0 Å². The van der Waals surface area contributed by atoms with Crippen LogP contribution in [0.3, 0.4) is 0 Å². The number of nitrogens with one attached hydrogen (secondary N) is 1. The number of hydrogen-bond acceptors (Lipinski definition) is 3. The highest BCUT2D eigenvalue weighted by Gasteiger charge is 2.25. The van der Waals surface area contributed by atoms with Crippen LogP contribution in [0.5, 0.6) is 5.75 Å². The van der Waals surface area contributed by atoms with Crippen LogP contribution in [0.15, 0.2) is 18.2 Å². The van der Waals surface area contributed by atoms with E-state index in [1.54, 1.807) is 0 Å². The number of phenolic OH excluding ortho intramolecular Hbond substituents is 1. The maximum absolute atomic E-state index is 9.93. The number of benzene rings is 1. The number of hydrogen-bond donors (Lipinski definition) is 2. The molecular weight excluding hydrogens is 262 g/mol. The maximum atomic E-state index is 9.93. The van der Waals surface area contributed by atoms with Crippen molar-refractivity contribution in [3.05, 3.63) is 29.3 Å². The van der Waals surface area contributed by atoms with E-state index in [0.29, 0.717) is 17.8 Å². The summed E-state index contributed by atoms with van der Waals surface area (Å²) in [7, 11) is 0. The zero-order valence-corrected chi connectivity index (χ0v) is 13.0. The quantitative estimate of drug-likeness (QED) is 0.875. The van der Waals surface area contributed by atoms with E-state index in [1.807, 2.05) is 12.1 Å². The first-order valence-electron chi connectivity index (χ1n) is 8.39. The molecule has 0 radical (unpaired) electrons. The Labute approximate surface area is 127 Å². The van der Waals surface area contributed by atoms with Gasteiger partial charge in [0.2, 0.25) is 0 Å². The van der Waals surface area contributed by atoms with Crippen molar-refractivity contribution in [3.63, 3.8) is 0 Å². The standard InChI is InChI=1S/C18H27NO2/c1-2-15(10-13-8-9-21-12-13)19-16-6-7-17-14(11-16)4-3-5-18(17)20/h3-5,13,15-16,19-20H,2,6-12H2,1H3/t13?,15?,16-/m0/s1. The van der Waals surface area contributed by atoms with Crippen LogP contribution >= 0.6 is 0 Å². The van der Waals surface area contributed by atoms with Crippen molar-refractivity contribution in [1.29, 1.82) is 0 Å². The first-order valence-corrected chi connectivity index (χ1v) is 8.39. The van der Waals surface area contributed by atoms with E-state index < -0.39 is 0 Å². The average molecular weight is 289 g/mol. The molecule has 3 nitrogen and oxygen atoms in total. The Kier molecular flexibility index (Phi) is 4.81. The van der Waals surface area contributed by atoms with Crippen LogP contribution in [0.4, 0.5) is 0 Å². The SMILES string of the molecule is CCC(CC1CCOC1)N[C@H]1CCc2c(O)cccc2C1. The minimum Gasteiger partial charge on any atom is -0.508 e. The third-order valence-corrected chi connectivity index (χ3v) is 5.06. The zero-order valence-electron chi connectivity index (χ0n) is 13.0. The van der Waals surface area contributed by atoms with E-state index in [-0.39, 0.29) is 0 Å². The Balaban J connectivity index is 1.57. The van der Waals surface area contributed by atoms with Crippen molar-refractivity contribution in [2.75, 3.05) is 13.2 Å². The summed E-state index contributed by atoms with van der Waals surface area (Å²) in [6.45, 7) is 4.16. The van der Waals surface area contributed by atoms with Crippen molar-refractivity contribution in [1.82, 2.24) is 5.32 Å². The molecule has 1 aromatic rings. The molecule has 21 heavy (non-hydrogen) atoms. The molecule has 1 aliphatic carbocycles. The molecule has 2 aliphatic rings. The molecule has 2 unspecified atom stereocenters. The van der Waals surface area contributed by atoms with Crippen LogP contribution in [0.1, 0.15) is 43.7 Å². The Morgan fingerprint density at radius 2 is 2.29 bits per heavy atom. The predicted octanol–water partition coefficient (Wildman–Crippen LogP) is 3.04. The summed E-state index contributed by atoms with van der Waals surface area (Å²) in [5, 5.41) is 13.8.